The van der Waals surface area contributed by atoms with Gasteiger partial charge in [0, 0.05) is 0 Å². The molecule has 0 aliphatic carbocycles. The lowest BCUT2D eigenvalue weighted by Crippen LogP contribution is -2.08. The lowest BCUT2D eigenvalue weighted by atomic mass is 9.97. The zero-order valence-electron chi connectivity index (χ0n) is 7.47. The zero-order valence-corrected chi connectivity index (χ0v) is 8.23. The van der Waals surface area contributed by atoms with Crippen LogP contribution in [0.4, 0.5) is 0 Å². The maximum atomic E-state index is 6.19. The van der Waals surface area contributed by atoms with Crippen molar-refractivity contribution in [1.29, 1.82) is 0 Å². The van der Waals surface area contributed by atoms with E-state index >= 15 is 0 Å². The molecular formula is C11H13Cl. The fraction of sp³-hybridized carbons (Fsp3) is 0.273. The average molecular weight is 181 g/mol. The Hall–Kier alpha value is -0.750. The summed E-state index contributed by atoms with van der Waals surface area (Å²) in [6.45, 7) is 7.71. The standard InChI is InChI=1S/C11H13Cl/c1-4-9-7-5-6-8-10(9)11(2,3)12/h4-8H,1H2,2-3H3. The molecule has 0 unspecified atom stereocenters. The van der Waals surface area contributed by atoms with Gasteiger partial charge in [-0.25, -0.2) is 0 Å². The van der Waals surface area contributed by atoms with Gasteiger partial charge in [0.05, 0.1) is 4.87 Å². The molecule has 0 saturated carbocycles. The molecule has 64 valence electrons. The van der Waals surface area contributed by atoms with Crippen LogP contribution in [0.5, 0.6) is 0 Å². The third-order valence-corrected chi connectivity index (χ3v) is 2.02. The Morgan fingerprint density at radius 3 is 2.33 bits per heavy atom. The van der Waals surface area contributed by atoms with Crippen LogP contribution in [0, 0.1) is 0 Å². The number of halogens is 1. The van der Waals surface area contributed by atoms with Gasteiger partial charge < -0.3 is 0 Å². The highest BCUT2D eigenvalue weighted by Crippen LogP contribution is 2.30. The van der Waals surface area contributed by atoms with Gasteiger partial charge in [0.15, 0.2) is 0 Å². The molecule has 12 heavy (non-hydrogen) atoms. The Morgan fingerprint density at radius 1 is 1.33 bits per heavy atom. The van der Waals surface area contributed by atoms with E-state index in [4.69, 9.17) is 11.6 Å². The molecule has 0 amide bonds. The van der Waals surface area contributed by atoms with Crippen LogP contribution in [-0.2, 0) is 4.87 Å². The fourth-order valence-electron chi connectivity index (χ4n) is 1.22. The van der Waals surface area contributed by atoms with Gasteiger partial charge in [0.25, 0.3) is 0 Å². The molecule has 0 heterocycles. The monoisotopic (exact) mass is 180 g/mol. The van der Waals surface area contributed by atoms with E-state index in [1.165, 1.54) is 0 Å². The van der Waals surface area contributed by atoms with Crippen molar-refractivity contribution >= 4 is 17.7 Å². The Balaban J connectivity index is 3.23. The Kier molecular flexibility index (Phi) is 2.58. The van der Waals surface area contributed by atoms with Crippen LogP contribution in [0.2, 0.25) is 0 Å². The average Bonchev–Trinajstić information content (AvgIpc) is 2.03. The molecule has 0 atom stereocenters. The van der Waals surface area contributed by atoms with Gasteiger partial charge in [-0.2, -0.15) is 0 Å². The molecule has 0 saturated heterocycles. The van der Waals surface area contributed by atoms with Crippen LogP contribution < -0.4 is 0 Å². The van der Waals surface area contributed by atoms with E-state index in [0.717, 1.165) is 11.1 Å². The highest BCUT2D eigenvalue weighted by molar-refractivity contribution is 6.23. The number of alkyl halides is 1. The molecule has 0 nitrogen and oxygen atoms in total. The summed E-state index contributed by atoms with van der Waals surface area (Å²) < 4.78 is 0. The molecule has 0 spiro atoms. The van der Waals surface area contributed by atoms with E-state index in [9.17, 15) is 0 Å². The molecular weight excluding hydrogens is 168 g/mol. The van der Waals surface area contributed by atoms with Crippen LogP contribution in [-0.4, -0.2) is 0 Å². The van der Waals surface area contributed by atoms with Gasteiger partial charge in [0.1, 0.15) is 0 Å². The van der Waals surface area contributed by atoms with Crippen molar-refractivity contribution in [3.8, 4) is 0 Å². The summed E-state index contributed by atoms with van der Waals surface area (Å²) in [7, 11) is 0. The maximum Gasteiger partial charge on any atom is 0.0644 e. The zero-order chi connectivity index (χ0) is 9.19. The normalized spacial score (nSPS) is 11.2. The minimum absolute atomic E-state index is 0.315. The van der Waals surface area contributed by atoms with Crippen molar-refractivity contribution in [3.63, 3.8) is 0 Å². The van der Waals surface area contributed by atoms with Crippen LogP contribution in [0.1, 0.15) is 25.0 Å². The van der Waals surface area contributed by atoms with Crippen LogP contribution >= 0.6 is 11.6 Å². The Bertz CT molecular complexity index is 281. The number of rotatable bonds is 2. The van der Waals surface area contributed by atoms with Gasteiger partial charge in [-0.05, 0) is 25.0 Å². The molecule has 0 fully saturated rings. The summed E-state index contributed by atoms with van der Waals surface area (Å²) in [5.74, 6) is 0. The molecule has 0 N–H and O–H groups in total. The third-order valence-electron chi connectivity index (χ3n) is 1.82. The quantitative estimate of drug-likeness (QED) is 0.608. The molecule has 0 aliphatic rings. The van der Waals surface area contributed by atoms with Gasteiger partial charge >= 0.3 is 0 Å². The third kappa shape index (κ3) is 1.89. The van der Waals surface area contributed by atoms with Gasteiger partial charge in [-0.15, -0.1) is 11.6 Å². The largest absolute Gasteiger partial charge is 0.115 e. The molecule has 0 aliphatic heterocycles. The number of benzene rings is 1. The highest BCUT2D eigenvalue weighted by Gasteiger charge is 2.18. The smallest absolute Gasteiger partial charge is 0.0644 e. The lowest BCUT2D eigenvalue weighted by Gasteiger charge is -2.18. The van der Waals surface area contributed by atoms with Crippen LogP contribution in [0.3, 0.4) is 0 Å². The predicted molar refractivity (Wildman–Crippen MR) is 55.4 cm³/mol. The summed E-state index contributed by atoms with van der Waals surface area (Å²) in [4.78, 5) is -0.315. The SMILES string of the molecule is C=Cc1ccccc1C(C)(C)Cl. The molecule has 1 aromatic carbocycles. The maximum absolute atomic E-state index is 6.19. The minimum Gasteiger partial charge on any atom is -0.115 e. The molecule has 1 rings (SSSR count). The van der Waals surface area contributed by atoms with Crippen molar-refractivity contribution in [2.75, 3.05) is 0 Å². The summed E-state index contributed by atoms with van der Waals surface area (Å²) >= 11 is 6.19. The van der Waals surface area contributed by atoms with Crippen molar-refractivity contribution in [1.82, 2.24) is 0 Å². The van der Waals surface area contributed by atoms with Crippen molar-refractivity contribution in [2.45, 2.75) is 18.7 Å². The minimum atomic E-state index is -0.315. The number of hydrogen-bond acceptors (Lipinski definition) is 0. The van der Waals surface area contributed by atoms with E-state index in [1.807, 2.05) is 44.2 Å². The predicted octanol–water partition coefficient (Wildman–Crippen LogP) is 3.80. The van der Waals surface area contributed by atoms with Crippen LogP contribution in [0.25, 0.3) is 6.08 Å². The first-order chi connectivity index (χ1) is 5.55. The van der Waals surface area contributed by atoms with E-state index in [-0.39, 0.29) is 4.87 Å². The van der Waals surface area contributed by atoms with Crippen LogP contribution in [0.15, 0.2) is 30.8 Å². The van der Waals surface area contributed by atoms with E-state index < -0.39 is 0 Å². The Morgan fingerprint density at radius 2 is 1.92 bits per heavy atom. The summed E-state index contributed by atoms with van der Waals surface area (Å²) in [6.07, 6.45) is 1.83. The van der Waals surface area contributed by atoms with E-state index in [1.54, 1.807) is 0 Å². The molecule has 1 aromatic rings. The van der Waals surface area contributed by atoms with Crippen molar-refractivity contribution in [3.05, 3.63) is 42.0 Å². The topological polar surface area (TPSA) is 0 Å². The molecule has 0 bridgehead atoms. The summed E-state index contributed by atoms with van der Waals surface area (Å²) in [5.41, 5.74) is 2.24. The highest BCUT2D eigenvalue weighted by atomic mass is 35.5. The van der Waals surface area contributed by atoms with E-state index in [0.29, 0.717) is 0 Å². The summed E-state index contributed by atoms with van der Waals surface area (Å²) in [5, 5.41) is 0. The second kappa shape index (κ2) is 3.32. The number of hydrogen-bond donors (Lipinski definition) is 0. The van der Waals surface area contributed by atoms with Crippen molar-refractivity contribution in [2.24, 2.45) is 0 Å². The van der Waals surface area contributed by atoms with Crippen molar-refractivity contribution < 1.29 is 0 Å². The molecule has 0 aromatic heterocycles. The Labute approximate surface area is 78.9 Å². The first-order valence-electron chi connectivity index (χ1n) is 3.96. The molecule has 0 radical (unpaired) electrons. The summed E-state index contributed by atoms with van der Waals surface area (Å²) in [6, 6.07) is 8.03. The first-order valence-corrected chi connectivity index (χ1v) is 4.34. The first kappa shape index (κ1) is 9.34. The van der Waals surface area contributed by atoms with Gasteiger partial charge in [-0.3, -0.25) is 0 Å². The lowest BCUT2D eigenvalue weighted by molar-refractivity contribution is 0.764. The van der Waals surface area contributed by atoms with Gasteiger partial charge in [-0.1, -0.05) is 36.9 Å². The molecule has 1 heteroatoms. The second-order valence-corrected chi connectivity index (χ2v) is 4.21. The fourth-order valence-corrected chi connectivity index (χ4v) is 1.39. The van der Waals surface area contributed by atoms with E-state index in [2.05, 4.69) is 6.58 Å². The van der Waals surface area contributed by atoms with Gasteiger partial charge in [0.2, 0.25) is 0 Å². The second-order valence-electron chi connectivity index (χ2n) is 3.26.